The van der Waals surface area contributed by atoms with Crippen molar-refractivity contribution >= 4 is 12.2 Å². The van der Waals surface area contributed by atoms with Crippen molar-refractivity contribution in [1.82, 2.24) is 0 Å². The molecule has 0 aliphatic rings. The zero-order chi connectivity index (χ0) is 12.6. The Hall–Kier alpha value is -2.12. The molecule has 2 aromatic carbocycles. The van der Waals surface area contributed by atoms with E-state index in [1.54, 1.807) is 0 Å². The van der Waals surface area contributed by atoms with Crippen molar-refractivity contribution in [3.8, 4) is 0 Å². The van der Waals surface area contributed by atoms with Gasteiger partial charge in [0.2, 0.25) is 0 Å². The summed E-state index contributed by atoms with van der Waals surface area (Å²) in [4.78, 5) is 0. The van der Waals surface area contributed by atoms with Gasteiger partial charge in [-0.2, -0.15) is 0 Å². The van der Waals surface area contributed by atoms with Gasteiger partial charge in [0.05, 0.1) is 0 Å². The molecule has 2 rings (SSSR count). The van der Waals surface area contributed by atoms with Crippen molar-refractivity contribution in [1.29, 1.82) is 0 Å². The highest BCUT2D eigenvalue weighted by molar-refractivity contribution is 5.57. The normalized spacial score (nSPS) is 11.4. The van der Waals surface area contributed by atoms with Gasteiger partial charge in [0.15, 0.2) is 0 Å². The van der Waals surface area contributed by atoms with Crippen molar-refractivity contribution in [2.24, 2.45) is 5.73 Å². The maximum absolute atomic E-state index is 5.56. The zero-order valence-corrected chi connectivity index (χ0v) is 10.3. The minimum atomic E-state index is 0.595. The lowest BCUT2D eigenvalue weighted by atomic mass is 10.1. The van der Waals surface area contributed by atoms with Gasteiger partial charge in [-0.15, -0.1) is 0 Å². The lowest BCUT2D eigenvalue weighted by Gasteiger charge is -1.96. The number of rotatable bonds is 4. The Balaban J connectivity index is 1.96. The summed E-state index contributed by atoms with van der Waals surface area (Å²) < 4.78 is 0. The highest BCUT2D eigenvalue weighted by Gasteiger charge is 1.88. The van der Waals surface area contributed by atoms with E-state index >= 15 is 0 Å². The maximum atomic E-state index is 5.56. The highest BCUT2D eigenvalue weighted by atomic mass is 14.5. The van der Waals surface area contributed by atoms with E-state index in [0.717, 1.165) is 5.56 Å². The van der Waals surface area contributed by atoms with E-state index in [-0.39, 0.29) is 0 Å². The molecule has 0 unspecified atom stereocenters. The number of benzene rings is 2. The molecule has 0 saturated carbocycles. The van der Waals surface area contributed by atoms with E-state index in [2.05, 4.69) is 48.6 Å². The van der Waals surface area contributed by atoms with Crippen LogP contribution in [0.3, 0.4) is 0 Å². The van der Waals surface area contributed by atoms with Crippen LogP contribution >= 0.6 is 0 Å². The first-order valence-corrected chi connectivity index (χ1v) is 6.07. The first kappa shape index (κ1) is 12.3. The fourth-order valence-electron chi connectivity index (χ4n) is 1.66. The molecule has 0 spiro atoms. The van der Waals surface area contributed by atoms with Crippen LogP contribution in [0.2, 0.25) is 0 Å². The molecule has 0 aromatic heterocycles. The second-order valence-corrected chi connectivity index (χ2v) is 4.07. The maximum Gasteiger partial charge on any atom is 0.0178 e. The summed E-state index contributed by atoms with van der Waals surface area (Å²) in [7, 11) is 0. The van der Waals surface area contributed by atoms with Crippen LogP contribution in [0.1, 0.15) is 16.7 Å². The van der Waals surface area contributed by atoms with E-state index in [9.17, 15) is 0 Å². The van der Waals surface area contributed by atoms with Gasteiger partial charge in [0.25, 0.3) is 0 Å². The van der Waals surface area contributed by atoms with Crippen LogP contribution in [0, 0.1) is 0 Å². The van der Waals surface area contributed by atoms with Gasteiger partial charge < -0.3 is 5.73 Å². The molecule has 0 amide bonds. The monoisotopic (exact) mass is 235 g/mol. The number of allylic oxidation sites excluding steroid dienone is 2. The van der Waals surface area contributed by atoms with Crippen LogP contribution < -0.4 is 5.73 Å². The van der Waals surface area contributed by atoms with Gasteiger partial charge in [-0.05, 0) is 16.7 Å². The molecule has 0 aliphatic heterocycles. The Kier molecular flexibility index (Phi) is 4.51. The Morgan fingerprint density at radius 2 is 1.28 bits per heavy atom. The fourth-order valence-corrected chi connectivity index (χ4v) is 1.66. The summed E-state index contributed by atoms with van der Waals surface area (Å²) >= 11 is 0. The summed E-state index contributed by atoms with van der Waals surface area (Å²) in [6.45, 7) is 0.595. The molecule has 18 heavy (non-hydrogen) atoms. The average molecular weight is 235 g/mol. The second-order valence-electron chi connectivity index (χ2n) is 4.07. The lowest BCUT2D eigenvalue weighted by Crippen LogP contribution is -1.94. The van der Waals surface area contributed by atoms with Crippen LogP contribution in [0.25, 0.3) is 12.2 Å². The van der Waals surface area contributed by atoms with Crippen molar-refractivity contribution < 1.29 is 0 Å². The van der Waals surface area contributed by atoms with Crippen molar-refractivity contribution in [3.63, 3.8) is 0 Å². The third-order valence-corrected chi connectivity index (χ3v) is 2.70. The predicted molar refractivity (Wildman–Crippen MR) is 78.8 cm³/mol. The van der Waals surface area contributed by atoms with Crippen molar-refractivity contribution in [3.05, 3.63) is 83.4 Å². The Bertz CT molecular complexity index is 521. The van der Waals surface area contributed by atoms with Crippen molar-refractivity contribution in [2.75, 3.05) is 0 Å². The molecule has 0 atom stereocenters. The molecule has 0 radical (unpaired) electrons. The van der Waals surface area contributed by atoms with E-state index < -0.39 is 0 Å². The Morgan fingerprint density at radius 3 is 1.83 bits per heavy atom. The minimum absolute atomic E-state index is 0.595. The predicted octanol–water partition coefficient (Wildman–Crippen LogP) is 3.87. The number of hydrogen-bond donors (Lipinski definition) is 1. The molecule has 0 heterocycles. The fraction of sp³-hybridized carbons (Fsp3) is 0.0588. The Labute approximate surface area is 108 Å². The van der Waals surface area contributed by atoms with Gasteiger partial charge in [-0.3, -0.25) is 0 Å². The van der Waals surface area contributed by atoms with Crippen LogP contribution in [0.4, 0.5) is 0 Å². The molecule has 1 nitrogen and oxygen atoms in total. The van der Waals surface area contributed by atoms with E-state index in [1.807, 2.05) is 30.4 Å². The summed E-state index contributed by atoms with van der Waals surface area (Å²) in [6, 6.07) is 18.5. The molecule has 2 N–H and O–H groups in total. The minimum Gasteiger partial charge on any atom is -0.326 e. The molecular weight excluding hydrogens is 218 g/mol. The zero-order valence-electron chi connectivity index (χ0n) is 10.3. The molecule has 0 bridgehead atoms. The quantitative estimate of drug-likeness (QED) is 0.800. The number of hydrogen-bond acceptors (Lipinski definition) is 1. The Morgan fingerprint density at radius 1 is 0.722 bits per heavy atom. The summed E-state index contributed by atoms with van der Waals surface area (Å²) in [5.41, 5.74) is 9.11. The first-order valence-electron chi connectivity index (χ1n) is 6.07. The molecule has 0 aliphatic carbocycles. The van der Waals surface area contributed by atoms with Crippen LogP contribution in [0.5, 0.6) is 0 Å². The topological polar surface area (TPSA) is 26.0 Å². The largest absolute Gasteiger partial charge is 0.326 e. The summed E-state index contributed by atoms with van der Waals surface area (Å²) in [6.07, 6.45) is 8.26. The molecule has 1 heteroatoms. The molecular formula is C17H17N. The van der Waals surface area contributed by atoms with Gasteiger partial charge >= 0.3 is 0 Å². The molecule has 0 saturated heterocycles. The molecule has 2 aromatic rings. The summed E-state index contributed by atoms with van der Waals surface area (Å²) in [5, 5.41) is 0. The van der Waals surface area contributed by atoms with Gasteiger partial charge in [0.1, 0.15) is 0 Å². The summed E-state index contributed by atoms with van der Waals surface area (Å²) in [5.74, 6) is 0. The van der Waals surface area contributed by atoms with Gasteiger partial charge in [0, 0.05) is 6.54 Å². The van der Waals surface area contributed by atoms with E-state index in [4.69, 9.17) is 5.73 Å². The van der Waals surface area contributed by atoms with E-state index in [1.165, 1.54) is 11.1 Å². The lowest BCUT2D eigenvalue weighted by molar-refractivity contribution is 1.07. The SMILES string of the molecule is NCc1ccc(/C=C/C=C/c2ccccc2)cc1. The molecule has 90 valence electrons. The van der Waals surface area contributed by atoms with Crippen LogP contribution in [0.15, 0.2) is 66.7 Å². The second kappa shape index (κ2) is 6.58. The average Bonchev–Trinajstić information content (AvgIpc) is 2.45. The van der Waals surface area contributed by atoms with Crippen LogP contribution in [-0.2, 0) is 6.54 Å². The van der Waals surface area contributed by atoms with Crippen LogP contribution in [-0.4, -0.2) is 0 Å². The first-order chi connectivity index (χ1) is 8.88. The highest BCUT2D eigenvalue weighted by Crippen LogP contribution is 2.06. The van der Waals surface area contributed by atoms with Gasteiger partial charge in [-0.1, -0.05) is 78.9 Å². The van der Waals surface area contributed by atoms with Gasteiger partial charge in [-0.25, -0.2) is 0 Å². The van der Waals surface area contributed by atoms with E-state index in [0.29, 0.717) is 6.54 Å². The third kappa shape index (κ3) is 3.72. The standard InChI is InChI=1S/C17H17N/c18-14-17-12-10-16(11-13-17)9-5-4-8-15-6-2-1-3-7-15/h1-13H,14,18H2/b8-4+,9-5+. The smallest absolute Gasteiger partial charge is 0.0178 e. The third-order valence-electron chi connectivity index (χ3n) is 2.70. The van der Waals surface area contributed by atoms with Crippen molar-refractivity contribution in [2.45, 2.75) is 6.54 Å². The molecule has 0 fully saturated rings. The number of nitrogens with two attached hydrogens (primary N) is 1.